The molecule has 17 heavy (non-hydrogen) atoms. The van der Waals surface area contributed by atoms with Crippen molar-refractivity contribution in [1.29, 1.82) is 0 Å². The van der Waals surface area contributed by atoms with E-state index in [1.807, 2.05) is 0 Å². The Bertz CT molecular complexity index is 374. The van der Waals surface area contributed by atoms with Gasteiger partial charge in [0.25, 0.3) is 0 Å². The van der Waals surface area contributed by atoms with Crippen LogP contribution in [0.3, 0.4) is 0 Å². The largest absolute Gasteiger partial charge is 0.506 e. The van der Waals surface area contributed by atoms with Gasteiger partial charge in [0, 0.05) is 19.3 Å². The Labute approximate surface area is 99.0 Å². The van der Waals surface area contributed by atoms with E-state index in [9.17, 15) is 4.79 Å². The number of pyridine rings is 1. The molecule has 0 atom stereocenters. The summed E-state index contributed by atoms with van der Waals surface area (Å²) in [6, 6.07) is 2.88. The van der Waals surface area contributed by atoms with Gasteiger partial charge in [-0.1, -0.05) is 0 Å². The van der Waals surface area contributed by atoms with Crippen LogP contribution in [0, 0.1) is 0 Å². The van der Waals surface area contributed by atoms with Crippen molar-refractivity contribution in [2.75, 3.05) is 18.5 Å². The summed E-state index contributed by atoms with van der Waals surface area (Å²) in [7, 11) is 0. The lowest BCUT2D eigenvalue weighted by Gasteiger charge is -2.23. The van der Waals surface area contributed by atoms with Crippen molar-refractivity contribution in [3.05, 3.63) is 18.3 Å². The van der Waals surface area contributed by atoms with Crippen LogP contribution in [0.4, 0.5) is 10.6 Å². The molecule has 6 heteroatoms. The molecule has 0 radical (unpaired) electrons. The molecule has 2 amide bonds. The molecule has 0 aliphatic carbocycles. The Balaban J connectivity index is 1.82. The molecule has 0 bridgehead atoms. The minimum atomic E-state index is -0.282. The van der Waals surface area contributed by atoms with Crippen LogP contribution in [0.2, 0.25) is 0 Å². The maximum absolute atomic E-state index is 11.6. The highest BCUT2D eigenvalue weighted by molar-refractivity contribution is 5.88. The monoisotopic (exact) mass is 237 g/mol. The Hall–Kier alpha value is -1.82. The zero-order valence-corrected chi connectivity index (χ0v) is 9.35. The molecular weight excluding hydrogens is 222 g/mol. The zero-order chi connectivity index (χ0) is 12.1. The average molecular weight is 237 g/mol. The molecule has 6 nitrogen and oxygen atoms in total. The van der Waals surface area contributed by atoms with E-state index in [0.29, 0.717) is 19.0 Å². The van der Waals surface area contributed by atoms with Gasteiger partial charge in [-0.2, -0.15) is 0 Å². The van der Waals surface area contributed by atoms with Crippen molar-refractivity contribution >= 4 is 11.8 Å². The van der Waals surface area contributed by atoms with E-state index in [2.05, 4.69) is 15.6 Å². The summed E-state index contributed by atoms with van der Waals surface area (Å²) in [5, 5.41) is 14.5. The molecule has 3 N–H and O–H groups in total. The number of amides is 2. The molecule has 92 valence electrons. The van der Waals surface area contributed by atoms with Crippen molar-refractivity contribution in [3.63, 3.8) is 0 Å². The third-order valence-electron chi connectivity index (χ3n) is 2.55. The van der Waals surface area contributed by atoms with Crippen molar-refractivity contribution < 1.29 is 14.6 Å². The molecule has 1 saturated heterocycles. The second kappa shape index (κ2) is 5.49. The summed E-state index contributed by atoms with van der Waals surface area (Å²) in [6.45, 7) is 1.37. The summed E-state index contributed by atoms with van der Waals surface area (Å²) in [6.07, 6.45) is 2.94. The van der Waals surface area contributed by atoms with Gasteiger partial charge in [-0.25, -0.2) is 9.78 Å². The van der Waals surface area contributed by atoms with Crippen LogP contribution in [0.25, 0.3) is 0 Å². The fourth-order valence-corrected chi connectivity index (χ4v) is 1.64. The maximum atomic E-state index is 11.6. The van der Waals surface area contributed by atoms with Gasteiger partial charge in [0.15, 0.2) is 0 Å². The number of urea groups is 1. The van der Waals surface area contributed by atoms with Gasteiger partial charge in [0.05, 0.1) is 6.20 Å². The predicted octanol–water partition coefficient (Wildman–Crippen LogP) is 1.09. The van der Waals surface area contributed by atoms with Crippen LogP contribution in [-0.4, -0.2) is 35.4 Å². The van der Waals surface area contributed by atoms with E-state index in [0.717, 1.165) is 12.8 Å². The topological polar surface area (TPSA) is 83.5 Å². The minimum Gasteiger partial charge on any atom is -0.506 e. The second-order valence-corrected chi connectivity index (χ2v) is 3.89. The number of carbonyl (C=O) groups excluding carboxylic acids is 1. The van der Waals surface area contributed by atoms with Gasteiger partial charge < -0.3 is 15.2 Å². The van der Waals surface area contributed by atoms with Gasteiger partial charge in [0.1, 0.15) is 11.6 Å². The van der Waals surface area contributed by atoms with E-state index in [1.165, 1.54) is 12.3 Å². The normalized spacial score (nSPS) is 16.5. The Morgan fingerprint density at radius 2 is 2.18 bits per heavy atom. The van der Waals surface area contributed by atoms with Crippen LogP contribution in [0.1, 0.15) is 12.8 Å². The van der Waals surface area contributed by atoms with Crippen LogP contribution in [-0.2, 0) is 4.74 Å². The number of rotatable bonds is 2. The van der Waals surface area contributed by atoms with Crippen molar-refractivity contribution in [2.24, 2.45) is 0 Å². The fraction of sp³-hybridized carbons (Fsp3) is 0.455. The zero-order valence-electron chi connectivity index (χ0n) is 9.35. The molecule has 0 unspecified atom stereocenters. The fourth-order valence-electron chi connectivity index (χ4n) is 1.64. The molecule has 2 heterocycles. The number of aromatic nitrogens is 1. The van der Waals surface area contributed by atoms with Crippen LogP contribution >= 0.6 is 0 Å². The van der Waals surface area contributed by atoms with E-state index < -0.39 is 0 Å². The van der Waals surface area contributed by atoms with E-state index in [-0.39, 0.29) is 17.8 Å². The summed E-state index contributed by atoms with van der Waals surface area (Å²) < 4.78 is 5.20. The molecule has 1 fully saturated rings. The average Bonchev–Trinajstić information content (AvgIpc) is 2.33. The molecule has 1 aliphatic heterocycles. The molecule has 1 aromatic heterocycles. The van der Waals surface area contributed by atoms with Gasteiger partial charge >= 0.3 is 6.03 Å². The lowest BCUT2D eigenvalue weighted by molar-refractivity contribution is 0.0806. The predicted molar refractivity (Wildman–Crippen MR) is 61.9 cm³/mol. The maximum Gasteiger partial charge on any atom is 0.320 e. The van der Waals surface area contributed by atoms with Crippen LogP contribution in [0.15, 0.2) is 18.3 Å². The van der Waals surface area contributed by atoms with Crippen molar-refractivity contribution in [1.82, 2.24) is 10.3 Å². The standard InChI is InChI=1S/C11H15N3O3/c15-9-1-2-10(12-7-9)14-11(16)13-8-3-5-17-6-4-8/h1-2,7-8,15H,3-6H2,(H2,12,13,14,16). The number of nitrogens with one attached hydrogen (secondary N) is 2. The molecule has 0 saturated carbocycles. The highest BCUT2D eigenvalue weighted by atomic mass is 16.5. The van der Waals surface area contributed by atoms with Crippen molar-refractivity contribution in [2.45, 2.75) is 18.9 Å². The molecule has 0 aromatic carbocycles. The third-order valence-corrected chi connectivity index (χ3v) is 2.55. The number of carbonyl (C=O) groups is 1. The number of ether oxygens (including phenoxy) is 1. The van der Waals surface area contributed by atoms with E-state index >= 15 is 0 Å². The highest BCUT2D eigenvalue weighted by Crippen LogP contribution is 2.10. The summed E-state index contributed by atoms with van der Waals surface area (Å²) in [5.74, 6) is 0.479. The Morgan fingerprint density at radius 3 is 2.82 bits per heavy atom. The number of aromatic hydroxyl groups is 1. The molecular formula is C11H15N3O3. The lowest BCUT2D eigenvalue weighted by Crippen LogP contribution is -2.41. The first kappa shape index (κ1) is 11.7. The van der Waals surface area contributed by atoms with E-state index in [4.69, 9.17) is 9.84 Å². The number of hydrogen-bond acceptors (Lipinski definition) is 4. The smallest absolute Gasteiger partial charge is 0.320 e. The highest BCUT2D eigenvalue weighted by Gasteiger charge is 2.15. The number of anilines is 1. The first-order valence-electron chi connectivity index (χ1n) is 5.54. The quantitative estimate of drug-likeness (QED) is 0.719. The molecule has 0 spiro atoms. The Morgan fingerprint density at radius 1 is 1.41 bits per heavy atom. The second-order valence-electron chi connectivity index (χ2n) is 3.89. The molecule has 1 aliphatic rings. The van der Waals surface area contributed by atoms with Gasteiger partial charge in [-0.15, -0.1) is 0 Å². The first-order chi connectivity index (χ1) is 8.24. The van der Waals surface area contributed by atoms with E-state index in [1.54, 1.807) is 6.07 Å². The Kier molecular flexibility index (Phi) is 3.77. The number of nitrogens with zero attached hydrogens (tertiary/aromatic N) is 1. The minimum absolute atomic E-state index is 0.0698. The summed E-state index contributed by atoms with van der Waals surface area (Å²) in [4.78, 5) is 15.5. The van der Waals surface area contributed by atoms with Gasteiger partial charge in [0.2, 0.25) is 0 Å². The van der Waals surface area contributed by atoms with Gasteiger partial charge in [-0.3, -0.25) is 5.32 Å². The molecule has 2 rings (SSSR count). The number of hydrogen-bond donors (Lipinski definition) is 3. The SMILES string of the molecule is O=C(Nc1ccc(O)cn1)NC1CCOCC1. The summed E-state index contributed by atoms with van der Waals surface area (Å²) in [5.41, 5.74) is 0. The van der Waals surface area contributed by atoms with Crippen molar-refractivity contribution in [3.8, 4) is 5.75 Å². The van der Waals surface area contributed by atoms with Gasteiger partial charge in [-0.05, 0) is 25.0 Å². The molecule has 1 aromatic rings. The lowest BCUT2D eigenvalue weighted by atomic mass is 10.1. The summed E-state index contributed by atoms with van der Waals surface area (Å²) >= 11 is 0. The third kappa shape index (κ3) is 3.60. The van der Waals surface area contributed by atoms with Crippen LogP contribution < -0.4 is 10.6 Å². The first-order valence-corrected chi connectivity index (χ1v) is 5.54. The van der Waals surface area contributed by atoms with Crippen LogP contribution in [0.5, 0.6) is 5.75 Å².